The lowest BCUT2D eigenvalue weighted by Gasteiger charge is -2.15. The Labute approximate surface area is 104 Å². The van der Waals surface area contributed by atoms with E-state index in [1.807, 2.05) is 39.0 Å². The summed E-state index contributed by atoms with van der Waals surface area (Å²) in [5.41, 5.74) is 0.989. The van der Waals surface area contributed by atoms with Crippen LogP contribution in [0, 0.1) is 6.92 Å². The zero-order chi connectivity index (χ0) is 12.8. The standard InChI is InChI=1S/C13H22N4/c1-9(2)14-13(15-10(3)4)17-12-8-6-7-11(5)16-12/h6-10H,1-5H3,(H2,14,15,16,17). The Hall–Kier alpha value is -1.58. The Morgan fingerprint density at radius 3 is 2.47 bits per heavy atom. The lowest BCUT2D eigenvalue weighted by molar-refractivity contribution is 0.717. The van der Waals surface area contributed by atoms with Crippen molar-refractivity contribution in [3.05, 3.63) is 23.9 Å². The smallest absolute Gasteiger partial charge is 0.197 e. The first kappa shape index (κ1) is 13.5. The van der Waals surface area contributed by atoms with Gasteiger partial charge in [-0.2, -0.15) is 0 Å². The molecular formula is C13H22N4. The van der Waals surface area contributed by atoms with E-state index < -0.39 is 0 Å². The molecule has 0 unspecified atom stereocenters. The van der Waals surface area contributed by atoms with Gasteiger partial charge < -0.3 is 10.6 Å². The van der Waals surface area contributed by atoms with Crippen molar-refractivity contribution in [2.75, 3.05) is 5.32 Å². The normalized spacial score (nSPS) is 12.1. The molecule has 0 amide bonds. The molecule has 4 heteroatoms. The van der Waals surface area contributed by atoms with Crippen LogP contribution in [-0.4, -0.2) is 23.0 Å². The van der Waals surface area contributed by atoms with E-state index in [-0.39, 0.29) is 6.04 Å². The van der Waals surface area contributed by atoms with Crippen LogP contribution in [0.25, 0.3) is 0 Å². The van der Waals surface area contributed by atoms with E-state index in [4.69, 9.17) is 0 Å². The van der Waals surface area contributed by atoms with E-state index in [9.17, 15) is 0 Å². The van der Waals surface area contributed by atoms with Crippen LogP contribution < -0.4 is 10.6 Å². The van der Waals surface area contributed by atoms with Gasteiger partial charge in [-0.3, -0.25) is 4.99 Å². The van der Waals surface area contributed by atoms with Gasteiger partial charge in [0.25, 0.3) is 0 Å². The third-order valence-corrected chi connectivity index (χ3v) is 1.95. The van der Waals surface area contributed by atoms with Crippen molar-refractivity contribution in [2.45, 2.75) is 46.7 Å². The highest BCUT2D eigenvalue weighted by atomic mass is 15.2. The van der Waals surface area contributed by atoms with Gasteiger partial charge in [0, 0.05) is 17.8 Å². The van der Waals surface area contributed by atoms with Crippen molar-refractivity contribution in [1.29, 1.82) is 0 Å². The van der Waals surface area contributed by atoms with E-state index in [1.54, 1.807) is 0 Å². The Morgan fingerprint density at radius 2 is 1.94 bits per heavy atom. The molecule has 0 atom stereocenters. The van der Waals surface area contributed by atoms with Crippen molar-refractivity contribution in [3.63, 3.8) is 0 Å². The molecule has 0 saturated heterocycles. The van der Waals surface area contributed by atoms with Crippen LogP contribution in [-0.2, 0) is 0 Å². The molecule has 0 spiro atoms. The predicted octanol–water partition coefficient (Wildman–Crippen LogP) is 2.56. The molecule has 0 aliphatic carbocycles. The topological polar surface area (TPSA) is 49.3 Å². The van der Waals surface area contributed by atoms with E-state index in [0.717, 1.165) is 17.5 Å². The van der Waals surface area contributed by atoms with Gasteiger partial charge in [0.05, 0.1) is 0 Å². The number of aromatic nitrogens is 1. The molecule has 4 nitrogen and oxygen atoms in total. The van der Waals surface area contributed by atoms with Crippen LogP contribution in [0.1, 0.15) is 33.4 Å². The van der Waals surface area contributed by atoms with Gasteiger partial charge in [0.1, 0.15) is 5.82 Å². The fourth-order valence-corrected chi connectivity index (χ4v) is 1.37. The van der Waals surface area contributed by atoms with Crippen LogP contribution in [0.3, 0.4) is 0 Å². The number of hydrogen-bond donors (Lipinski definition) is 2. The Balaban J connectivity index is 2.79. The van der Waals surface area contributed by atoms with Crippen molar-refractivity contribution in [1.82, 2.24) is 10.3 Å². The molecule has 0 aliphatic rings. The van der Waals surface area contributed by atoms with Crippen LogP contribution in [0.5, 0.6) is 0 Å². The number of guanidine groups is 1. The second kappa shape index (κ2) is 6.23. The van der Waals surface area contributed by atoms with E-state index in [0.29, 0.717) is 6.04 Å². The highest BCUT2D eigenvalue weighted by molar-refractivity contribution is 5.93. The summed E-state index contributed by atoms with van der Waals surface area (Å²) in [6.07, 6.45) is 0. The number of aryl methyl sites for hydroxylation is 1. The number of anilines is 1. The second-order valence-electron chi connectivity index (χ2n) is 4.66. The van der Waals surface area contributed by atoms with E-state index in [2.05, 4.69) is 34.5 Å². The van der Waals surface area contributed by atoms with Gasteiger partial charge in [-0.1, -0.05) is 6.07 Å². The SMILES string of the molecule is Cc1cccc(NC(=NC(C)C)NC(C)C)n1. The average Bonchev–Trinajstić information content (AvgIpc) is 2.14. The molecular weight excluding hydrogens is 212 g/mol. The first-order valence-electron chi connectivity index (χ1n) is 6.02. The minimum absolute atomic E-state index is 0.244. The number of rotatable bonds is 3. The molecule has 1 heterocycles. The van der Waals surface area contributed by atoms with Gasteiger partial charge in [0.2, 0.25) is 0 Å². The van der Waals surface area contributed by atoms with Crippen LogP contribution in [0.4, 0.5) is 5.82 Å². The number of pyridine rings is 1. The van der Waals surface area contributed by atoms with Gasteiger partial charge >= 0.3 is 0 Å². The molecule has 0 fully saturated rings. The monoisotopic (exact) mass is 234 g/mol. The summed E-state index contributed by atoms with van der Waals surface area (Å²) in [5.74, 6) is 1.59. The Morgan fingerprint density at radius 1 is 1.24 bits per heavy atom. The Kier molecular flexibility index (Phi) is 4.94. The predicted molar refractivity (Wildman–Crippen MR) is 73.4 cm³/mol. The maximum Gasteiger partial charge on any atom is 0.197 e. The van der Waals surface area contributed by atoms with Crippen LogP contribution in [0.15, 0.2) is 23.2 Å². The first-order valence-corrected chi connectivity index (χ1v) is 6.02. The highest BCUT2D eigenvalue weighted by Gasteiger charge is 2.04. The summed E-state index contributed by atoms with van der Waals surface area (Å²) in [5, 5.41) is 6.49. The van der Waals surface area contributed by atoms with Gasteiger partial charge in [-0.05, 0) is 46.8 Å². The molecule has 2 N–H and O–H groups in total. The lowest BCUT2D eigenvalue weighted by Crippen LogP contribution is -2.36. The maximum atomic E-state index is 4.50. The fourth-order valence-electron chi connectivity index (χ4n) is 1.37. The number of nitrogens with one attached hydrogen (secondary N) is 2. The van der Waals surface area contributed by atoms with Crippen LogP contribution in [0.2, 0.25) is 0 Å². The summed E-state index contributed by atoms with van der Waals surface area (Å²) >= 11 is 0. The zero-order valence-corrected chi connectivity index (χ0v) is 11.3. The van der Waals surface area contributed by atoms with E-state index >= 15 is 0 Å². The molecule has 0 saturated carbocycles. The van der Waals surface area contributed by atoms with Crippen molar-refractivity contribution < 1.29 is 0 Å². The average molecular weight is 234 g/mol. The molecule has 0 radical (unpaired) electrons. The molecule has 94 valence electrons. The maximum absolute atomic E-state index is 4.50. The molecule has 17 heavy (non-hydrogen) atoms. The van der Waals surface area contributed by atoms with E-state index in [1.165, 1.54) is 0 Å². The fraction of sp³-hybridized carbons (Fsp3) is 0.538. The van der Waals surface area contributed by atoms with Crippen molar-refractivity contribution >= 4 is 11.8 Å². The van der Waals surface area contributed by atoms with Gasteiger partial charge in [0.15, 0.2) is 5.96 Å². The minimum atomic E-state index is 0.244. The first-order chi connectivity index (χ1) is 7.97. The minimum Gasteiger partial charge on any atom is -0.354 e. The number of hydrogen-bond acceptors (Lipinski definition) is 2. The van der Waals surface area contributed by atoms with Gasteiger partial charge in [-0.25, -0.2) is 4.98 Å². The highest BCUT2D eigenvalue weighted by Crippen LogP contribution is 2.04. The second-order valence-corrected chi connectivity index (χ2v) is 4.66. The molecule has 0 bridgehead atoms. The summed E-state index contributed by atoms with van der Waals surface area (Å²) in [6, 6.07) is 6.47. The molecule has 1 rings (SSSR count). The quantitative estimate of drug-likeness (QED) is 0.624. The summed E-state index contributed by atoms with van der Waals surface area (Å²) < 4.78 is 0. The number of aliphatic imine (C=N–C) groups is 1. The Bertz CT molecular complexity index is 383. The third-order valence-electron chi connectivity index (χ3n) is 1.95. The largest absolute Gasteiger partial charge is 0.354 e. The zero-order valence-electron chi connectivity index (χ0n) is 11.3. The van der Waals surface area contributed by atoms with Gasteiger partial charge in [-0.15, -0.1) is 0 Å². The molecule has 1 aromatic rings. The third kappa shape index (κ3) is 5.33. The van der Waals surface area contributed by atoms with Crippen molar-refractivity contribution in [3.8, 4) is 0 Å². The number of nitrogens with zero attached hydrogens (tertiary/aromatic N) is 2. The molecule has 0 aliphatic heterocycles. The summed E-state index contributed by atoms with van der Waals surface area (Å²) in [4.78, 5) is 8.89. The summed E-state index contributed by atoms with van der Waals surface area (Å²) in [6.45, 7) is 10.2. The van der Waals surface area contributed by atoms with Crippen molar-refractivity contribution in [2.24, 2.45) is 4.99 Å². The van der Waals surface area contributed by atoms with Crippen LogP contribution >= 0.6 is 0 Å². The molecule has 1 aromatic heterocycles. The molecule has 0 aromatic carbocycles. The summed E-state index contributed by atoms with van der Waals surface area (Å²) in [7, 11) is 0. The lowest BCUT2D eigenvalue weighted by atomic mass is 10.3.